The van der Waals surface area contributed by atoms with Crippen LogP contribution in [0.1, 0.15) is 6.92 Å². The van der Waals surface area contributed by atoms with E-state index in [1.165, 1.54) is 0 Å². The molecular weight excluding hydrogens is 252 g/mol. The quantitative estimate of drug-likeness (QED) is 0.854. The zero-order valence-electron chi connectivity index (χ0n) is 10.4. The maximum Gasteiger partial charge on any atom is 0.239 e. The molecule has 2 rings (SSSR count). The van der Waals surface area contributed by atoms with Gasteiger partial charge in [-0.2, -0.15) is 0 Å². The molecule has 0 spiro atoms. The minimum atomic E-state index is -0.191. The van der Waals surface area contributed by atoms with E-state index in [9.17, 15) is 4.79 Å². The van der Waals surface area contributed by atoms with Crippen molar-refractivity contribution in [1.82, 2.24) is 0 Å². The molecule has 0 aliphatic carbocycles. The molecule has 1 aromatic carbocycles. The van der Waals surface area contributed by atoms with E-state index < -0.39 is 0 Å². The smallest absolute Gasteiger partial charge is 0.239 e. The number of morpholine rings is 1. The van der Waals surface area contributed by atoms with E-state index in [4.69, 9.17) is 16.3 Å². The molecule has 0 radical (unpaired) electrons. The van der Waals surface area contributed by atoms with Gasteiger partial charge in [-0.3, -0.25) is 4.79 Å². The van der Waals surface area contributed by atoms with Crippen LogP contribution in [0.2, 0.25) is 0 Å². The van der Waals surface area contributed by atoms with Crippen LogP contribution in [0.25, 0.3) is 0 Å². The highest BCUT2D eigenvalue weighted by Crippen LogP contribution is 2.21. The van der Waals surface area contributed by atoms with E-state index >= 15 is 0 Å². The Morgan fingerprint density at radius 2 is 2.22 bits per heavy atom. The lowest BCUT2D eigenvalue weighted by atomic mass is 10.2. The van der Waals surface area contributed by atoms with Crippen molar-refractivity contribution in [2.45, 2.75) is 13.0 Å². The summed E-state index contributed by atoms with van der Waals surface area (Å²) in [5.41, 5.74) is 1.92. The third kappa shape index (κ3) is 3.15. The van der Waals surface area contributed by atoms with E-state index in [0.29, 0.717) is 6.04 Å². The van der Waals surface area contributed by atoms with Crippen molar-refractivity contribution in [2.75, 3.05) is 35.9 Å². The standard InChI is InChI=1S/C13H17ClN2O2/c1-10-9-18-7-6-16(10)12-4-2-11(3-5-12)15-13(17)8-14/h2-5,10H,6-9H2,1H3,(H,15,17). The minimum absolute atomic E-state index is 0.0255. The fourth-order valence-corrected chi connectivity index (χ4v) is 2.11. The van der Waals surface area contributed by atoms with Crippen molar-refractivity contribution in [3.63, 3.8) is 0 Å². The predicted molar refractivity (Wildman–Crippen MR) is 73.4 cm³/mol. The van der Waals surface area contributed by atoms with Crippen molar-refractivity contribution in [1.29, 1.82) is 0 Å². The minimum Gasteiger partial charge on any atom is -0.377 e. The summed E-state index contributed by atoms with van der Waals surface area (Å²) in [4.78, 5) is 13.5. The lowest BCUT2D eigenvalue weighted by Gasteiger charge is -2.35. The number of hydrogen-bond acceptors (Lipinski definition) is 3. The summed E-state index contributed by atoms with van der Waals surface area (Å²) in [5.74, 6) is -0.216. The normalized spacial score (nSPS) is 19.7. The fraction of sp³-hybridized carbons (Fsp3) is 0.462. The SMILES string of the molecule is CC1COCCN1c1ccc(NC(=O)CCl)cc1. The third-order valence-electron chi connectivity index (χ3n) is 2.97. The highest BCUT2D eigenvalue weighted by molar-refractivity contribution is 6.29. The molecule has 1 N–H and O–H groups in total. The van der Waals surface area contributed by atoms with Gasteiger partial charge in [0.05, 0.1) is 13.2 Å². The Morgan fingerprint density at radius 3 is 2.83 bits per heavy atom. The number of nitrogens with zero attached hydrogens (tertiary/aromatic N) is 1. The van der Waals surface area contributed by atoms with Crippen LogP contribution in [0, 0.1) is 0 Å². The molecular formula is C13H17ClN2O2. The number of rotatable bonds is 3. The molecule has 1 fully saturated rings. The largest absolute Gasteiger partial charge is 0.377 e. The number of anilines is 2. The zero-order valence-corrected chi connectivity index (χ0v) is 11.1. The maximum atomic E-state index is 11.1. The molecule has 1 amide bonds. The zero-order chi connectivity index (χ0) is 13.0. The number of carbonyl (C=O) groups excluding carboxylic acids is 1. The Kier molecular flexibility index (Phi) is 4.44. The summed E-state index contributed by atoms with van der Waals surface area (Å²) in [5, 5.41) is 2.72. The van der Waals surface area contributed by atoms with E-state index in [1.54, 1.807) is 0 Å². The van der Waals surface area contributed by atoms with Crippen LogP contribution < -0.4 is 10.2 Å². The van der Waals surface area contributed by atoms with Gasteiger partial charge in [0.15, 0.2) is 0 Å². The van der Waals surface area contributed by atoms with Gasteiger partial charge in [-0.05, 0) is 31.2 Å². The van der Waals surface area contributed by atoms with Crippen LogP contribution in [0.4, 0.5) is 11.4 Å². The second kappa shape index (κ2) is 6.07. The predicted octanol–water partition coefficient (Wildman–Crippen LogP) is 2.09. The third-order valence-corrected chi connectivity index (χ3v) is 3.21. The highest BCUT2D eigenvalue weighted by Gasteiger charge is 2.18. The second-order valence-corrected chi connectivity index (χ2v) is 4.61. The summed E-state index contributed by atoms with van der Waals surface area (Å²) in [6.45, 7) is 4.55. The van der Waals surface area contributed by atoms with Gasteiger partial charge in [0.1, 0.15) is 5.88 Å². The van der Waals surface area contributed by atoms with Gasteiger partial charge in [-0.15, -0.1) is 11.6 Å². The highest BCUT2D eigenvalue weighted by atomic mass is 35.5. The number of carbonyl (C=O) groups is 1. The maximum absolute atomic E-state index is 11.1. The van der Waals surface area contributed by atoms with Gasteiger partial charge in [-0.25, -0.2) is 0 Å². The van der Waals surface area contributed by atoms with Crippen LogP contribution in [-0.4, -0.2) is 37.6 Å². The van der Waals surface area contributed by atoms with Crippen LogP contribution in [-0.2, 0) is 9.53 Å². The summed E-state index contributed by atoms with van der Waals surface area (Å²) in [7, 11) is 0. The van der Waals surface area contributed by atoms with Gasteiger partial charge < -0.3 is 15.0 Å². The Bertz CT molecular complexity index is 408. The summed E-state index contributed by atoms with van der Waals surface area (Å²) >= 11 is 5.44. The molecule has 1 unspecified atom stereocenters. The first-order chi connectivity index (χ1) is 8.70. The summed E-state index contributed by atoms with van der Waals surface area (Å²) < 4.78 is 5.41. The molecule has 98 valence electrons. The molecule has 1 aromatic rings. The van der Waals surface area contributed by atoms with E-state index in [1.807, 2.05) is 24.3 Å². The van der Waals surface area contributed by atoms with Crippen LogP contribution >= 0.6 is 11.6 Å². The Morgan fingerprint density at radius 1 is 1.50 bits per heavy atom. The van der Waals surface area contributed by atoms with E-state index in [2.05, 4.69) is 17.1 Å². The second-order valence-electron chi connectivity index (χ2n) is 4.35. The first-order valence-corrected chi connectivity index (χ1v) is 6.54. The molecule has 5 heteroatoms. The van der Waals surface area contributed by atoms with Gasteiger partial charge in [0.25, 0.3) is 0 Å². The first-order valence-electron chi connectivity index (χ1n) is 6.01. The topological polar surface area (TPSA) is 41.6 Å². The molecule has 0 bridgehead atoms. The number of alkyl halides is 1. The molecule has 0 saturated carbocycles. The monoisotopic (exact) mass is 268 g/mol. The van der Waals surface area contributed by atoms with Crippen molar-refractivity contribution in [2.24, 2.45) is 0 Å². The van der Waals surface area contributed by atoms with Gasteiger partial charge >= 0.3 is 0 Å². The Balaban J connectivity index is 2.04. The van der Waals surface area contributed by atoms with Crippen LogP contribution in [0.3, 0.4) is 0 Å². The van der Waals surface area contributed by atoms with Crippen molar-refractivity contribution in [3.8, 4) is 0 Å². The van der Waals surface area contributed by atoms with Gasteiger partial charge in [-0.1, -0.05) is 0 Å². The molecule has 4 nitrogen and oxygen atoms in total. The lowest BCUT2D eigenvalue weighted by Crippen LogP contribution is -2.43. The van der Waals surface area contributed by atoms with E-state index in [0.717, 1.165) is 31.1 Å². The molecule has 1 aliphatic heterocycles. The van der Waals surface area contributed by atoms with Crippen LogP contribution in [0.15, 0.2) is 24.3 Å². The van der Waals surface area contributed by atoms with Crippen molar-refractivity contribution < 1.29 is 9.53 Å². The average Bonchev–Trinajstić information content (AvgIpc) is 2.40. The number of nitrogens with one attached hydrogen (secondary N) is 1. The summed E-state index contributed by atoms with van der Waals surface area (Å²) in [6, 6.07) is 8.17. The fourth-order valence-electron chi connectivity index (χ4n) is 2.04. The van der Waals surface area contributed by atoms with E-state index in [-0.39, 0.29) is 11.8 Å². The molecule has 1 heterocycles. The van der Waals surface area contributed by atoms with Gasteiger partial charge in [0.2, 0.25) is 5.91 Å². The molecule has 1 aliphatic rings. The lowest BCUT2D eigenvalue weighted by molar-refractivity contribution is -0.113. The molecule has 0 aromatic heterocycles. The number of halogens is 1. The number of benzene rings is 1. The van der Waals surface area contributed by atoms with Gasteiger partial charge in [0, 0.05) is 24.0 Å². The number of amides is 1. The molecule has 1 atom stereocenters. The molecule has 18 heavy (non-hydrogen) atoms. The number of ether oxygens (including phenoxy) is 1. The average molecular weight is 269 g/mol. The summed E-state index contributed by atoms with van der Waals surface area (Å²) in [6.07, 6.45) is 0. The Labute approximate surface area is 112 Å². The van der Waals surface area contributed by atoms with Crippen molar-refractivity contribution >= 4 is 28.9 Å². The molecule has 1 saturated heterocycles. The Hall–Kier alpha value is -1.26. The first kappa shape index (κ1) is 13.2. The van der Waals surface area contributed by atoms with Crippen molar-refractivity contribution in [3.05, 3.63) is 24.3 Å². The number of hydrogen-bond donors (Lipinski definition) is 1. The van der Waals surface area contributed by atoms with Crippen LogP contribution in [0.5, 0.6) is 0 Å².